The van der Waals surface area contributed by atoms with Gasteiger partial charge in [0.15, 0.2) is 0 Å². The maximum Gasteiger partial charge on any atom is 0.0542 e. The molecule has 0 spiro atoms. The molecule has 0 nitrogen and oxygen atoms in total. The molecule has 4 heterocycles. The first-order valence-corrected chi connectivity index (χ1v) is 20.6. The average molecular weight is 735 g/mol. The van der Waals surface area contributed by atoms with E-state index >= 15 is 0 Å². The monoisotopic (exact) mass is 734 g/mol. The van der Waals surface area contributed by atoms with E-state index in [1.54, 1.807) is 0 Å². The van der Waals surface area contributed by atoms with Gasteiger partial charge in [-0.15, -0.1) is 45.3 Å². The van der Waals surface area contributed by atoms with Gasteiger partial charge in [-0.3, -0.25) is 0 Å². The number of aryl methyl sites for hydroxylation is 2. The highest BCUT2D eigenvalue weighted by Gasteiger charge is 2.14. The molecule has 0 aliphatic rings. The molecular weight excluding hydrogens is 705 g/mol. The molecule has 52 heavy (non-hydrogen) atoms. The number of rotatable bonds is 4. The Labute approximate surface area is 318 Å². The summed E-state index contributed by atoms with van der Waals surface area (Å²) in [6, 6.07) is 44.4. The fourth-order valence-corrected chi connectivity index (χ4v) is 12.3. The molecule has 6 aromatic carbocycles. The zero-order valence-electron chi connectivity index (χ0n) is 28.5. The summed E-state index contributed by atoms with van der Waals surface area (Å²) in [7, 11) is 0. The molecule has 0 amide bonds. The van der Waals surface area contributed by atoms with Crippen LogP contribution in [0.3, 0.4) is 0 Å². The van der Waals surface area contributed by atoms with Crippen molar-refractivity contribution in [1.29, 1.82) is 0 Å². The Hall–Kier alpha value is -5.28. The van der Waals surface area contributed by atoms with Crippen molar-refractivity contribution in [2.24, 2.45) is 0 Å². The standard InChI is InChI=1S/C48H30S4/c1-29-3-7-31(8-4-29)11-13-33-17-21-37-41(25-33)49-47-39-23-19-35(27-43(39)51-45(37)47)15-16-36-20-24-40-44(28-36)52-46-38-22-18-34(26-42(38)50-48(40)46)14-12-32-9-5-30(2)6-10-32/h3-14,17-28H,1-2H3/b13-11+,14-12+. The molecule has 0 bridgehead atoms. The van der Waals surface area contributed by atoms with Crippen molar-refractivity contribution < 1.29 is 0 Å². The van der Waals surface area contributed by atoms with Gasteiger partial charge in [-0.25, -0.2) is 0 Å². The molecule has 0 atom stereocenters. The Balaban J connectivity index is 0.905. The van der Waals surface area contributed by atoms with E-state index in [0.717, 1.165) is 11.1 Å². The van der Waals surface area contributed by atoms with Gasteiger partial charge in [-0.2, -0.15) is 0 Å². The van der Waals surface area contributed by atoms with Crippen LogP contribution in [0.1, 0.15) is 44.5 Å². The van der Waals surface area contributed by atoms with E-state index in [4.69, 9.17) is 0 Å². The average Bonchev–Trinajstić information content (AvgIpc) is 3.90. The molecule has 10 aromatic rings. The van der Waals surface area contributed by atoms with Gasteiger partial charge in [0.05, 0.1) is 18.8 Å². The molecule has 4 heteroatoms. The van der Waals surface area contributed by atoms with E-state index in [0.29, 0.717) is 0 Å². The normalized spacial score (nSPS) is 12.1. The second-order valence-corrected chi connectivity index (χ2v) is 17.6. The minimum Gasteiger partial charge on any atom is -0.134 e. The van der Waals surface area contributed by atoms with Gasteiger partial charge < -0.3 is 0 Å². The third-order valence-corrected chi connectivity index (χ3v) is 14.7. The molecule has 0 aliphatic heterocycles. The predicted octanol–water partition coefficient (Wildman–Crippen LogP) is 15.2. The molecule has 0 saturated heterocycles. The third-order valence-electron chi connectivity index (χ3n) is 9.66. The van der Waals surface area contributed by atoms with Crippen molar-refractivity contribution in [1.82, 2.24) is 0 Å². The summed E-state index contributed by atoms with van der Waals surface area (Å²) in [5.41, 5.74) is 9.58. The Morgan fingerprint density at radius 2 is 0.654 bits per heavy atom. The van der Waals surface area contributed by atoms with Crippen molar-refractivity contribution in [3.8, 4) is 11.8 Å². The van der Waals surface area contributed by atoms with E-state index in [2.05, 4.69) is 171 Å². The Bertz CT molecular complexity index is 2910. The van der Waals surface area contributed by atoms with Crippen LogP contribution in [-0.2, 0) is 0 Å². The minimum absolute atomic E-state index is 1.06. The van der Waals surface area contributed by atoms with Crippen LogP contribution in [0.15, 0.2) is 121 Å². The Kier molecular flexibility index (Phi) is 7.71. The highest BCUT2D eigenvalue weighted by Crippen LogP contribution is 2.46. The maximum absolute atomic E-state index is 3.47. The molecule has 0 N–H and O–H groups in total. The molecule has 0 aliphatic carbocycles. The summed E-state index contributed by atoms with van der Waals surface area (Å²) >= 11 is 7.56. The molecule has 0 unspecified atom stereocenters. The maximum atomic E-state index is 3.47. The number of thiophene rings is 4. The number of hydrogen-bond donors (Lipinski definition) is 0. The first-order chi connectivity index (χ1) is 25.5. The van der Waals surface area contributed by atoms with E-state index < -0.39 is 0 Å². The molecule has 4 aromatic heterocycles. The summed E-state index contributed by atoms with van der Waals surface area (Å²) < 4.78 is 10.8. The van der Waals surface area contributed by atoms with E-state index in [-0.39, 0.29) is 0 Å². The minimum atomic E-state index is 1.06. The van der Waals surface area contributed by atoms with Crippen molar-refractivity contribution in [3.63, 3.8) is 0 Å². The lowest BCUT2D eigenvalue weighted by Gasteiger charge is -1.97. The summed E-state index contributed by atoms with van der Waals surface area (Å²) in [6.07, 6.45) is 8.81. The first kappa shape index (κ1) is 31.5. The Morgan fingerprint density at radius 1 is 0.346 bits per heavy atom. The second kappa shape index (κ2) is 12.7. The van der Waals surface area contributed by atoms with Gasteiger partial charge >= 0.3 is 0 Å². The lowest BCUT2D eigenvalue weighted by Crippen LogP contribution is -1.76. The fourth-order valence-electron chi connectivity index (χ4n) is 6.79. The van der Waals surface area contributed by atoms with Crippen LogP contribution in [0, 0.1) is 25.7 Å². The summed E-state index contributed by atoms with van der Waals surface area (Å²) in [5, 5.41) is 5.33. The van der Waals surface area contributed by atoms with Gasteiger partial charge in [-0.05, 0) is 72.5 Å². The van der Waals surface area contributed by atoms with Gasteiger partial charge in [0.2, 0.25) is 0 Å². The zero-order valence-corrected chi connectivity index (χ0v) is 31.8. The number of hydrogen-bond acceptors (Lipinski definition) is 4. The van der Waals surface area contributed by atoms with E-state index in [1.165, 1.54) is 92.5 Å². The summed E-state index contributed by atoms with van der Waals surface area (Å²) in [6.45, 7) is 4.25. The molecule has 0 radical (unpaired) electrons. The predicted molar refractivity (Wildman–Crippen MR) is 236 cm³/mol. The second-order valence-electron chi connectivity index (χ2n) is 13.4. The van der Waals surface area contributed by atoms with E-state index in [9.17, 15) is 0 Å². The van der Waals surface area contributed by atoms with Crippen LogP contribution in [0.2, 0.25) is 0 Å². The van der Waals surface area contributed by atoms with Crippen LogP contribution in [0.25, 0.3) is 83.4 Å². The van der Waals surface area contributed by atoms with Crippen molar-refractivity contribution in [2.75, 3.05) is 0 Å². The van der Waals surface area contributed by atoms with Gasteiger partial charge in [0, 0.05) is 51.5 Å². The van der Waals surface area contributed by atoms with Crippen molar-refractivity contribution in [2.45, 2.75) is 13.8 Å². The third kappa shape index (κ3) is 5.77. The van der Waals surface area contributed by atoms with Crippen LogP contribution in [0.5, 0.6) is 0 Å². The number of fused-ring (bicyclic) bond motifs is 10. The molecule has 0 fully saturated rings. The summed E-state index contributed by atoms with van der Waals surface area (Å²) in [4.78, 5) is 0. The van der Waals surface area contributed by atoms with Gasteiger partial charge in [0.25, 0.3) is 0 Å². The highest BCUT2D eigenvalue weighted by atomic mass is 32.1. The molecule has 0 saturated carbocycles. The lowest BCUT2D eigenvalue weighted by molar-refractivity contribution is 1.46. The van der Waals surface area contributed by atoms with Crippen molar-refractivity contribution in [3.05, 3.63) is 166 Å². The highest BCUT2D eigenvalue weighted by molar-refractivity contribution is 7.37. The fraction of sp³-hybridized carbons (Fsp3) is 0.0417. The smallest absolute Gasteiger partial charge is 0.0542 e. The quantitative estimate of drug-likeness (QED) is 0.125. The van der Waals surface area contributed by atoms with Crippen LogP contribution in [0.4, 0.5) is 0 Å². The van der Waals surface area contributed by atoms with Crippen molar-refractivity contribution >= 4 is 129 Å². The molecular formula is C48H30S4. The topological polar surface area (TPSA) is 0 Å². The van der Waals surface area contributed by atoms with E-state index in [1.807, 2.05) is 45.3 Å². The summed E-state index contributed by atoms with van der Waals surface area (Å²) in [5.74, 6) is 6.95. The largest absolute Gasteiger partial charge is 0.134 e. The molecule has 246 valence electrons. The molecule has 10 rings (SSSR count). The first-order valence-electron chi connectivity index (χ1n) is 17.3. The lowest BCUT2D eigenvalue weighted by atomic mass is 10.1. The van der Waals surface area contributed by atoms with Crippen LogP contribution in [-0.4, -0.2) is 0 Å². The SMILES string of the molecule is Cc1ccc(/C=C/c2ccc3c(c2)sc2c4ccc(C#Cc5ccc6c(c5)sc5c7ccc(/C=C/c8ccc(C)cc8)cc7sc65)cc4sc32)cc1. The number of benzene rings is 6. The zero-order chi connectivity index (χ0) is 34.8. The van der Waals surface area contributed by atoms with Gasteiger partial charge in [0.1, 0.15) is 0 Å². The van der Waals surface area contributed by atoms with Crippen LogP contribution >= 0.6 is 45.3 Å². The Morgan fingerprint density at radius 3 is 1.04 bits per heavy atom. The van der Waals surface area contributed by atoms with Gasteiger partial charge in [-0.1, -0.05) is 132 Å². The van der Waals surface area contributed by atoms with Crippen LogP contribution < -0.4 is 0 Å².